The Morgan fingerprint density at radius 2 is 2.00 bits per heavy atom. The standard InChI is InChI=1S/C12H26N2/c1-4-14(12-5-6-12)9-11(8-13)7-10(2)3/h10-12H,4-9,13H2,1-3H3. The van der Waals surface area contributed by atoms with Crippen LogP contribution in [0.15, 0.2) is 0 Å². The number of hydrogen-bond donors (Lipinski definition) is 1. The van der Waals surface area contributed by atoms with Gasteiger partial charge in [-0.2, -0.15) is 0 Å². The maximum absolute atomic E-state index is 5.82. The highest BCUT2D eigenvalue weighted by atomic mass is 15.2. The van der Waals surface area contributed by atoms with E-state index in [1.165, 1.54) is 32.4 Å². The van der Waals surface area contributed by atoms with Gasteiger partial charge < -0.3 is 10.6 Å². The third-order valence-electron chi connectivity index (χ3n) is 3.10. The fourth-order valence-corrected chi connectivity index (χ4v) is 2.22. The van der Waals surface area contributed by atoms with Gasteiger partial charge in [0.15, 0.2) is 0 Å². The van der Waals surface area contributed by atoms with E-state index in [4.69, 9.17) is 5.73 Å². The zero-order chi connectivity index (χ0) is 10.6. The Kier molecular flexibility index (Phi) is 4.90. The summed E-state index contributed by atoms with van der Waals surface area (Å²) in [6.07, 6.45) is 4.10. The van der Waals surface area contributed by atoms with E-state index in [-0.39, 0.29) is 0 Å². The van der Waals surface area contributed by atoms with E-state index in [0.29, 0.717) is 5.92 Å². The van der Waals surface area contributed by atoms with Crippen LogP contribution in [0.1, 0.15) is 40.0 Å². The largest absolute Gasteiger partial charge is 0.330 e. The minimum atomic E-state index is 0.704. The molecule has 2 nitrogen and oxygen atoms in total. The van der Waals surface area contributed by atoms with E-state index >= 15 is 0 Å². The molecule has 1 atom stereocenters. The van der Waals surface area contributed by atoms with Gasteiger partial charge in [0.25, 0.3) is 0 Å². The summed E-state index contributed by atoms with van der Waals surface area (Å²) in [6, 6.07) is 0.890. The molecule has 2 N–H and O–H groups in total. The molecule has 0 amide bonds. The summed E-state index contributed by atoms with van der Waals surface area (Å²) in [6.45, 7) is 10.1. The molecule has 1 unspecified atom stereocenters. The Balaban J connectivity index is 2.29. The van der Waals surface area contributed by atoms with Gasteiger partial charge in [-0.1, -0.05) is 20.8 Å². The first-order valence-corrected chi connectivity index (χ1v) is 6.11. The van der Waals surface area contributed by atoms with Crippen LogP contribution in [-0.2, 0) is 0 Å². The fourth-order valence-electron chi connectivity index (χ4n) is 2.22. The van der Waals surface area contributed by atoms with Crippen LogP contribution in [0.25, 0.3) is 0 Å². The average molecular weight is 198 g/mol. The lowest BCUT2D eigenvalue weighted by atomic mass is 9.96. The first-order valence-electron chi connectivity index (χ1n) is 6.11. The van der Waals surface area contributed by atoms with E-state index in [9.17, 15) is 0 Å². The number of hydrogen-bond acceptors (Lipinski definition) is 2. The first kappa shape index (κ1) is 12.0. The lowest BCUT2D eigenvalue weighted by Crippen LogP contribution is -2.35. The maximum Gasteiger partial charge on any atom is 0.00964 e. The molecule has 0 aromatic rings. The van der Waals surface area contributed by atoms with Crippen LogP contribution in [0.2, 0.25) is 0 Å². The third kappa shape index (κ3) is 3.97. The number of nitrogens with two attached hydrogens (primary N) is 1. The van der Waals surface area contributed by atoms with Crippen molar-refractivity contribution < 1.29 is 0 Å². The molecule has 84 valence electrons. The van der Waals surface area contributed by atoms with Crippen LogP contribution in [0.4, 0.5) is 0 Å². The second-order valence-corrected chi connectivity index (χ2v) is 5.05. The van der Waals surface area contributed by atoms with Gasteiger partial charge in [0, 0.05) is 12.6 Å². The van der Waals surface area contributed by atoms with E-state index in [2.05, 4.69) is 25.7 Å². The quantitative estimate of drug-likeness (QED) is 0.679. The van der Waals surface area contributed by atoms with E-state index < -0.39 is 0 Å². The third-order valence-corrected chi connectivity index (χ3v) is 3.10. The van der Waals surface area contributed by atoms with Crippen LogP contribution in [-0.4, -0.2) is 30.6 Å². The van der Waals surface area contributed by atoms with Gasteiger partial charge in [0.1, 0.15) is 0 Å². The molecule has 2 heteroatoms. The van der Waals surface area contributed by atoms with Gasteiger partial charge in [-0.15, -0.1) is 0 Å². The van der Waals surface area contributed by atoms with Gasteiger partial charge in [-0.05, 0) is 44.2 Å². The van der Waals surface area contributed by atoms with Crippen LogP contribution < -0.4 is 5.73 Å². The molecular weight excluding hydrogens is 172 g/mol. The Morgan fingerprint density at radius 3 is 2.36 bits per heavy atom. The van der Waals surface area contributed by atoms with Gasteiger partial charge in [-0.3, -0.25) is 0 Å². The summed E-state index contributed by atoms with van der Waals surface area (Å²) >= 11 is 0. The Hall–Kier alpha value is -0.0800. The zero-order valence-corrected chi connectivity index (χ0v) is 10.00. The molecule has 0 aromatic heterocycles. The van der Waals surface area contributed by atoms with Crippen molar-refractivity contribution in [3.05, 3.63) is 0 Å². The fraction of sp³-hybridized carbons (Fsp3) is 1.00. The molecular formula is C12H26N2. The molecule has 0 radical (unpaired) electrons. The monoisotopic (exact) mass is 198 g/mol. The minimum absolute atomic E-state index is 0.704. The van der Waals surface area contributed by atoms with Crippen LogP contribution in [0.3, 0.4) is 0 Å². The lowest BCUT2D eigenvalue weighted by Gasteiger charge is -2.26. The molecule has 0 aromatic carbocycles. The van der Waals surface area contributed by atoms with Gasteiger partial charge in [0.2, 0.25) is 0 Å². The predicted molar refractivity (Wildman–Crippen MR) is 62.3 cm³/mol. The Bertz CT molecular complexity index is 152. The van der Waals surface area contributed by atoms with Crippen molar-refractivity contribution in [2.75, 3.05) is 19.6 Å². The molecule has 1 fully saturated rings. The van der Waals surface area contributed by atoms with Gasteiger partial charge >= 0.3 is 0 Å². The van der Waals surface area contributed by atoms with Gasteiger partial charge in [0.05, 0.1) is 0 Å². The lowest BCUT2D eigenvalue weighted by molar-refractivity contribution is 0.218. The minimum Gasteiger partial charge on any atom is -0.330 e. The highest BCUT2D eigenvalue weighted by molar-refractivity contribution is 4.85. The van der Waals surface area contributed by atoms with Crippen molar-refractivity contribution in [1.29, 1.82) is 0 Å². The summed E-state index contributed by atoms with van der Waals surface area (Å²) in [5.74, 6) is 1.48. The van der Waals surface area contributed by atoms with Gasteiger partial charge in [-0.25, -0.2) is 0 Å². The maximum atomic E-state index is 5.82. The molecule has 1 aliphatic carbocycles. The van der Waals surface area contributed by atoms with Crippen LogP contribution in [0, 0.1) is 11.8 Å². The number of nitrogens with zero attached hydrogens (tertiary/aromatic N) is 1. The summed E-state index contributed by atoms with van der Waals surface area (Å²) in [5.41, 5.74) is 5.82. The Morgan fingerprint density at radius 1 is 1.36 bits per heavy atom. The van der Waals surface area contributed by atoms with Crippen molar-refractivity contribution in [3.63, 3.8) is 0 Å². The molecule has 0 bridgehead atoms. The van der Waals surface area contributed by atoms with Crippen molar-refractivity contribution in [1.82, 2.24) is 4.90 Å². The average Bonchev–Trinajstić information content (AvgIpc) is 2.94. The van der Waals surface area contributed by atoms with Crippen LogP contribution in [0.5, 0.6) is 0 Å². The van der Waals surface area contributed by atoms with Crippen molar-refractivity contribution in [3.8, 4) is 0 Å². The molecule has 0 aliphatic heterocycles. The predicted octanol–water partition coefficient (Wildman–Crippen LogP) is 2.09. The molecule has 14 heavy (non-hydrogen) atoms. The normalized spacial score (nSPS) is 19.3. The molecule has 1 saturated carbocycles. The highest BCUT2D eigenvalue weighted by Gasteiger charge is 2.29. The molecule has 0 spiro atoms. The molecule has 1 aliphatic rings. The second-order valence-electron chi connectivity index (χ2n) is 5.05. The van der Waals surface area contributed by atoms with E-state index in [1.807, 2.05) is 0 Å². The van der Waals surface area contributed by atoms with Crippen LogP contribution >= 0.6 is 0 Å². The molecule has 0 saturated heterocycles. The molecule has 1 rings (SSSR count). The SMILES string of the molecule is CCN(CC(CN)CC(C)C)C1CC1. The van der Waals surface area contributed by atoms with E-state index in [1.54, 1.807) is 0 Å². The second kappa shape index (κ2) is 5.72. The van der Waals surface area contributed by atoms with Crippen molar-refractivity contribution in [2.45, 2.75) is 46.1 Å². The summed E-state index contributed by atoms with van der Waals surface area (Å²) < 4.78 is 0. The summed E-state index contributed by atoms with van der Waals surface area (Å²) in [4.78, 5) is 2.61. The Labute approximate surface area is 88.8 Å². The summed E-state index contributed by atoms with van der Waals surface area (Å²) in [5, 5.41) is 0. The topological polar surface area (TPSA) is 29.3 Å². The molecule has 0 heterocycles. The summed E-state index contributed by atoms with van der Waals surface area (Å²) in [7, 11) is 0. The zero-order valence-electron chi connectivity index (χ0n) is 10.00. The number of rotatable bonds is 7. The van der Waals surface area contributed by atoms with Crippen molar-refractivity contribution in [2.24, 2.45) is 17.6 Å². The van der Waals surface area contributed by atoms with Crippen molar-refractivity contribution >= 4 is 0 Å². The van der Waals surface area contributed by atoms with E-state index in [0.717, 1.165) is 18.5 Å². The first-order chi connectivity index (χ1) is 6.67. The smallest absolute Gasteiger partial charge is 0.00964 e. The highest BCUT2D eigenvalue weighted by Crippen LogP contribution is 2.27.